The summed E-state index contributed by atoms with van der Waals surface area (Å²) in [7, 11) is 1.90. The van der Waals surface area contributed by atoms with E-state index in [0.29, 0.717) is 12.5 Å². The Morgan fingerprint density at radius 3 is 2.46 bits per heavy atom. The highest BCUT2D eigenvalue weighted by atomic mass is 15.3. The molecule has 1 rings (SSSR count). The molecule has 0 fully saturated rings. The zero-order chi connectivity index (χ0) is 9.84. The first-order valence-corrected chi connectivity index (χ1v) is 4.24. The molecule has 0 spiro atoms. The molecule has 0 aliphatic heterocycles. The van der Waals surface area contributed by atoms with E-state index in [9.17, 15) is 0 Å². The molecule has 0 saturated carbocycles. The van der Waals surface area contributed by atoms with Crippen LogP contribution in [-0.4, -0.2) is 35.3 Å². The Hall–Kier alpha value is -1.23. The number of likely N-dealkylation sites (N-methyl/N-ethyl adjacent to an activating group) is 1. The van der Waals surface area contributed by atoms with E-state index in [0.717, 1.165) is 17.9 Å². The Balaban J connectivity index is 2.84. The van der Waals surface area contributed by atoms with E-state index in [-0.39, 0.29) is 0 Å². The van der Waals surface area contributed by atoms with Crippen molar-refractivity contribution in [3.05, 3.63) is 11.4 Å². The number of nitrogens with zero attached hydrogens (tertiary/aromatic N) is 4. The number of hydrogen-bond acceptors (Lipinski definition) is 5. The van der Waals surface area contributed by atoms with Crippen molar-refractivity contribution < 1.29 is 0 Å². The summed E-state index contributed by atoms with van der Waals surface area (Å²) in [5.41, 5.74) is 7.19. The Labute approximate surface area is 78.0 Å². The van der Waals surface area contributed by atoms with Gasteiger partial charge in [0.25, 0.3) is 0 Å². The highest BCUT2D eigenvalue weighted by molar-refractivity contribution is 5.28. The normalized spacial score (nSPS) is 10.2. The maximum Gasteiger partial charge on any atom is 0.245 e. The third-order valence-corrected chi connectivity index (χ3v) is 1.89. The van der Waals surface area contributed by atoms with Gasteiger partial charge in [0.1, 0.15) is 0 Å². The number of aromatic nitrogens is 3. The van der Waals surface area contributed by atoms with E-state index in [4.69, 9.17) is 5.73 Å². The van der Waals surface area contributed by atoms with Crippen LogP contribution in [0.1, 0.15) is 11.4 Å². The van der Waals surface area contributed by atoms with Crippen molar-refractivity contribution in [1.82, 2.24) is 15.2 Å². The average Bonchev–Trinajstić information content (AvgIpc) is 2.10. The second-order valence-corrected chi connectivity index (χ2v) is 2.99. The quantitative estimate of drug-likeness (QED) is 0.704. The van der Waals surface area contributed by atoms with Gasteiger partial charge in [-0.15, -0.1) is 5.10 Å². The molecule has 5 heteroatoms. The molecule has 2 N–H and O–H groups in total. The minimum atomic E-state index is 0.590. The smallest absolute Gasteiger partial charge is 0.245 e. The van der Waals surface area contributed by atoms with Gasteiger partial charge in [-0.1, -0.05) is 0 Å². The third kappa shape index (κ3) is 2.35. The first-order valence-electron chi connectivity index (χ1n) is 4.24. The highest BCUT2D eigenvalue weighted by Gasteiger charge is 2.05. The summed E-state index contributed by atoms with van der Waals surface area (Å²) < 4.78 is 0. The topological polar surface area (TPSA) is 67.9 Å². The zero-order valence-corrected chi connectivity index (χ0v) is 8.28. The summed E-state index contributed by atoms with van der Waals surface area (Å²) in [5, 5.41) is 7.95. The standard InChI is InChI=1S/C8H15N5/c1-6-7(2)11-12-8(10-6)13(3)5-4-9/h4-5,9H2,1-3H3. The zero-order valence-electron chi connectivity index (χ0n) is 8.28. The fraction of sp³-hybridized carbons (Fsp3) is 0.625. The molecular weight excluding hydrogens is 166 g/mol. The maximum atomic E-state index is 5.42. The lowest BCUT2D eigenvalue weighted by atomic mass is 10.4. The molecule has 0 aromatic carbocycles. The number of anilines is 1. The molecular formula is C8H15N5. The monoisotopic (exact) mass is 181 g/mol. The predicted molar refractivity (Wildman–Crippen MR) is 51.6 cm³/mol. The Bertz CT molecular complexity index is 286. The van der Waals surface area contributed by atoms with Crippen LogP contribution < -0.4 is 10.6 Å². The lowest BCUT2D eigenvalue weighted by molar-refractivity contribution is 0.797. The lowest BCUT2D eigenvalue weighted by Crippen LogP contribution is -2.27. The molecule has 1 aromatic heterocycles. The molecule has 72 valence electrons. The fourth-order valence-electron chi connectivity index (χ4n) is 0.901. The summed E-state index contributed by atoms with van der Waals surface area (Å²) >= 11 is 0. The third-order valence-electron chi connectivity index (χ3n) is 1.89. The number of nitrogens with two attached hydrogens (primary N) is 1. The van der Waals surface area contributed by atoms with Gasteiger partial charge in [0.05, 0.1) is 11.4 Å². The van der Waals surface area contributed by atoms with Crippen LogP contribution in [0.15, 0.2) is 0 Å². The predicted octanol–water partition coefficient (Wildman–Crippen LogP) is -0.117. The fourth-order valence-corrected chi connectivity index (χ4v) is 0.901. The second kappa shape index (κ2) is 4.13. The summed E-state index contributed by atoms with van der Waals surface area (Å²) in [6.07, 6.45) is 0. The van der Waals surface area contributed by atoms with E-state index in [1.165, 1.54) is 0 Å². The van der Waals surface area contributed by atoms with Crippen molar-refractivity contribution in [1.29, 1.82) is 0 Å². The molecule has 0 atom stereocenters. The molecule has 0 aliphatic carbocycles. The van der Waals surface area contributed by atoms with Crippen LogP contribution in [0.5, 0.6) is 0 Å². The summed E-state index contributed by atoms with van der Waals surface area (Å²) in [5.74, 6) is 0.633. The van der Waals surface area contributed by atoms with Crippen molar-refractivity contribution >= 4 is 5.95 Å². The minimum absolute atomic E-state index is 0.590. The van der Waals surface area contributed by atoms with E-state index in [1.54, 1.807) is 0 Å². The molecule has 5 nitrogen and oxygen atoms in total. The Kier molecular flexibility index (Phi) is 3.13. The van der Waals surface area contributed by atoms with Crippen LogP contribution in [0.2, 0.25) is 0 Å². The van der Waals surface area contributed by atoms with Gasteiger partial charge in [-0.05, 0) is 13.8 Å². The van der Waals surface area contributed by atoms with Crippen LogP contribution in [0.4, 0.5) is 5.95 Å². The van der Waals surface area contributed by atoms with Crippen molar-refractivity contribution in [2.75, 3.05) is 25.0 Å². The highest BCUT2D eigenvalue weighted by Crippen LogP contribution is 2.05. The average molecular weight is 181 g/mol. The van der Waals surface area contributed by atoms with E-state index < -0.39 is 0 Å². The molecule has 0 unspecified atom stereocenters. The van der Waals surface area contributed by atoms with Gasteiger partial charge in [0.15, 0.2) is 0 Å². The number of aryl methyl sites for hydroxylation is 2. The molecule has 0 amide bonds. The van der Waals surface area contributed by atoms with Crippen LogP contribution in [-0.2, 0) is 0 Å². The summed E-state index contributed by atoms with van der Waals surface area (Å²) in [6.45, 7) is 5.14. The van der Waals surface area contributed by atoms with Crippen LogP contribution in [0, 0.1) is 13.8 Å². The largest absolute Gasteiger partial charge is 0.341 e. The minimum Gasteiger partial charge on any atom is -0.341 e. The molecule has 13 heavy (non-hydrogen) atoms. The Morgan fingerprint density at radius 2 is 1.92 bits per heavy atom. The molecule has 1 aromatic rings. The molecule has 0 saturated heterocycles. The Morgan fingerprint density at radius 1 is 1.23 bits per heavy atom. The molecule has 0 aliphatic rings. The SMILES string of the molecule is Cc1nnc(N(C)CCN)nc1C. The lowest BCUT2D eigenvalue weighted by Gasteiger charge is -2.15. The molecule has 0 radical (unpaired) electrons. The van der Waals surface area contributed by atoms with Gasteiger partial charge in [-0.25, -0.2) is 4.98 Å². The van der Waals surface area contributed by atoms with Gasteiger partial charge < -0.3 is 10.6 Å². The van der Waals surface area contributed by atoms with E-state index in [2.05, 4.69) is 15.2 Å². The molecule has 0 bridgehead atoms. The summed E-state index contributed by atoms with van der Waals surface area (Å²) in [4.78, 5) is 6.18. The van der Waals surface area contributed by atoms with Crippen molar-refractivity contribution in [2.45, 2.75) is 13.8 Å². The second-order valence-electron chi connectivity index (χ2n) is 2.99. The van der Waals surface area contributed by atoms with E-state index in [1.807, 2.05) is 25.8 Å². The van der Waals surface area contributed by atoms with Crippen molar-refractivity contribution in [3.8, 4) is 0 Å². The number of rotatable bonds is 3. The van der Waals surface area contributed by atoms with Gasteiger partial charge in [0.2, 0.25) is 5.95 Å². The van der Waals surface area contributed by atoms with Crippen LogP contribution in [0.3, 0.4) is 0 Å². The number of hydrogen-bond donors (Lipinski definition) is 1. The molecule has 1 heterocycles. The van der Waals surface area contributed by atoms with Gasteiger partial charge in [0, 0.05) is 20.1 Å². The van der Waals surface area contributed by atoms with Crippen molar-refractivity contribution in [2.24, 2.45) is 5.73 Å². The van der Waals surface area contributed by atoms with E-state index >= 15 is 0 Å². The van der Waals surface area contributed by atoms with Gasteiger partial charge in [-0.3, -0.25) is 0 Å². The van der Waals surface area contributed by atoms with Crippen LogP contribution in [0.25, 0.3) is 0 Å². The summed E-state index contributed by atoms with van der Waals surface area (Å²) in [6, 6.07) is 0. The van der Waals surface area contributed by atoms with Gasteiger partial charge >= 0.3 is 0 Å². The first-order chi connectivity index (χ1) is 6.15. The van der Waals surface area contributed by atoms with Crippen molar-refractivity contribution in [3.63, 3.8) is 0 Å². The first kappa shape index (κ1) is 9.85. The maximum absolute atomic E-state index is 5.42. The van der Waals surface area contributed by atoms with Gasteiger partial charge in [-0.2, -0.15) is 5.10 Å². The van der Waals surface area contributed by atoms with Crippen LogP contribution >= 0.6 is 0 Å².